The summed E-state index contributed by atoms with van der Waals surface area (Å²) in [4.78, 5) is 19.0. The lowest BCUT2D eigenvalue weighted by molar-refractivity contribution is -0.130. The normalized spacial score (nSPS) is 22.6. The molecule has 0 unspecified atom stereocenters. The average Bonchev–Trinajstić information content (AvgIpc) is 3.00. The molecule has 0 spiro atoms. The Hall–Kier alpha value is -1.59. The van der Waals surface area contributed by atoms with Gasteiger partial charge in [-0.3, -0.25) is 9.69 Å². The molecule has 2 saturated heterocycles. The molecule has 1 atom stereocenters. The first-order valence-corrected chi connectivity index (χ1v) is 8.69. The van der Waals surface area contributed by atoms with Crippen molar-refractivity contribution in [2.24, 2.45) is 5.73 Å². The van der Waals surface area contributed by atoms with Crippen LogP contribution >= 0.6 is 0 Å². The van der Waals surface area contributed by atoms with Gasteiger partial charge in [-0.1, -0.05) is 12.1 Å². The summed E-state index contributed by atoms with van der Waals surface area (Å²) >= 11 is 0. The molecule has 2 aliphatic rings. The van der Waals surface area contributed by atoms with E-state index in [0.717, 1.165) is 52.2 Å². The van der Waals surface area contributed by atoms with Crippen LogP contribution in [-0.4, -0.2) is 67.6 Å². The molecular formula is C18H28N4O. The Morgan fingerprint density at radius 2 is 2.00 bits per heavy atom. The van der Waals surface area contributed by atoms with E-state index in [0.29, 0.717) is 6.42 Å². The molecule has 1 aromatic rings. The third kappa shape index (κ3) is 4.24. The standard InChI is InChI=1S/C18H28N4O/c1-15-3-2-4-17(13-15)21-11-9-20(10-12-21)7-6-18(23)22-8-5-16(19)14-22/h2-4,13,16H,5-12,14,19H2,1H3/t16-/m1/s1. The van der Waals surface area contributed by atoms with Crippen molar-refractivity contribution in [2.75, 3.05) is 50.7 Å². The number of amides is 1. The summed E-state index contributed by atoms with van der Waals surface area (Å²) < 4.78 is 0. The van der Waals surface area contributed by atoms with Crippen molar-refractivity contribution in [3.8, 4) is 0 Å². The third-order valence-electron chi connectivity index (χ3n) is 4.96. The van der Waals surface area contributed by atoms with Gasteiger partial charge in [0.15, 0.2) is 0 Å². The van der Waals surface area contributed by atoms with Gasteiger partial charge in [0.1, 0.15) is 0 Å². The Bertz CT molecular complexity index is 540. The number of nitrogens with two attached hydrogens (primary N) is 1. The van der Waals surface area contributed by atoms with E-state index in [1.54, 1.807) is 0 Å². The van der Waals surface area contributed by atoms with Gasteiger partial charge >= 0.3 is 0 Å². The van der Waals surface area contributed by atoms with E-state index in [4.69, 9.17) is 5.73 Å². The molecule has 5 heteroatoms. The van der Waals surface area contributed by atoms with Crippen LogP contribution in [-0.2, 0) is 4.79 Å². The summed E-state index contributed by atoms with van der Waals surface area (Å²) in [6, 6.07) is 8.86. The van der Waals surface area contributed by atoms with Gasteiger partial charge < -0.3 is 15.5 Å². The van der Waals surface area contributed by atoms with E-state index in [-0.39, 0.29) is 11.9 Å². The lowest BCUT2D eigenvalue weighted by Gasteiger charge is -2.36. The minimum atomic E-state index is 0.178. The van der Waals surface area contributed by atoms with E-state index >= 15 is 0 Å². The fourth-order valence-electron chi connectivity index (χ4n) is 3.48. The molecule has 1 amide bonds. The van der Waals surface area contributed by atoms with Crippen LogP contribution in [0.15, 0.2) is 24.3 Å². The Morgan fingerprint density at radius 1 is 1.22 bits per heavy atom. The van der Waals surface area contributed by atoms with Gasteiger partial charge in [0.25, 0.3) is 0 Å². The summed E-state index contributed by atoms with van der Waals surface area (Å²) in [7, 11) is 0. The zero-order chi connectivity index (χ0) is 16.2. The van der Waals surface area contributed by atoms with E-state index < -0.39 is 0 Å². The number of hydrogen-bond donors (Lipinski definition) is 1. The van der Waals surface area contributed by atoms with Crippen molar-refractivity contribution in [1.29, 1.82) is 0 Å². The maximum absolute atomic E-state index is 12.2. The number of nitrogens with zero attached hydrogens (tertiary/aromatic N) is 3. The number of aryl methyl sites for hydroxylation is 1. The number of piperazine rings is 1. The number of carbonyl (C=O) groups excluding carboxylic acids is 1. The van der Waals surface area contributed by atoms with Crippen LogP contribution in [0.5, 0.6) is 0 Å². The topological polar surface area (TPSA) is 52.8 Å². The largest absolute Gasteiger partial charge is 0.369 e. The molecular weight excluding hydrogens is 288 g/mol. The summed E-state index contributed by atoms with van der Waals surface area (Å²) in [6.45, 7) is 8.70. The SMILES string of the molecule is Cc1cccc(N2CCN(CCC(=O)N3CC[C@@H](N)C3)CC2)c1. The molecule has 0 radical (unpaired) electrons. The van der Waals surface area contributed by atoms with Crippen LogP contribution in [0.1, 0.15) is 18.4 Å². The minimum Gasteiger partial charge on any atom is -0.369 e. The summed E-state index contributed by atoms with van der Waals surface area (Å²) in [5.74, 6) is 0.263. The second kappa shape index (κ2) is 7.32. The van der Waals surface area contributed by atoms with Crippen LogP contribution in [0.25, 0.3) is 0 Å². The van der Waals surface area contributed by atoms with Crippen LogP contribution in [0.2, 0.25) is 0 Å². The number of anilines is 1. The molecule has 0 bridgehead atoms. The summed E-state index contributed by atoms with van der Waals surface area (Å²) in [5, 5.41) is 0. The molecule has 0 saturated carbocycles. The van der Waals surface area contributed by atoms with Gasteiger partial charge in [-0.2, -0.15) is 0 Å². The summed E-state index contributed by atoms with van der Waals surface area (Å²) in [5.41, 5.74) is 8.49. The fourth-order valence-corrected chi connectivity index (χ4v) is 3.48. The highest BCUT2D eigenvalue weighted by atomic mass is 16.2. The Kier molecular flexibility index (Phi) is 5.18. The fraction of sp³-hybridized carbons (Fsp3) is 0.611. The van der Waals surface area contributed by atoms with Gasteiger partial charge in [0, 0.05) is 64.0 Å². The highest BCUT2D eigenvalue weighted by Gasteiger charge is 2.24. The molecule has 3 rings (SSSR count). The Labute approximate surface area is 139 Å². The van der Waals surface area contributed by atoms with Crippen molar-refractivity contribution >= 4 is 11.6 Å². The van der Waals surface area contributed by atoms with Gasteiger partial charge in [-0.25, -0.2) is 0 Å². The predicted molar refractivity (Wildman–Crippen MR) is 93.6 cm³/mol. The molecule has 2 N–H and O–H groups in total. The van der Waals surface area contributed by atoms with Gasteiger partial charge in [0.05, 0.1) is 0 Å². The zero-order valence-electron chi connectivity index (χ0n) is 14.1. The molecule has 5 nitrogen and oxygen atoms in total. The van der Waals surface area contributed by atoms with E-state index in [9.17, 15) is 4.79 Å². The Balaban J connectivity index is 1.42. The van der Waals surface area contributed by atoms with Gasteiger partial charge in [0.2, 0.25) is 5.91 Å². The van der Waals surface area contributed by atoms with E-state index in [2.05, 4.69) is 41.0 Å². The first kappa shape index (κ1) is 16.3. The molecule has 1 aromatic carbocycles. The number of benzene rings is 1. The molecule has 23 heavy (non-hydrogen) atoms. The van der Waals surface area contributed by atoms with Crippen LogP contribution in [0.4, 0.5) is 5.69 Å². The monoisotopic (exact) mass is 316 g/mol. The lowest BCUT2D eigenvalue weighted by Crippen LogP contribution is -2.47. The van der Waals surface area contributed by atoms with E-state index in [1.807, 2.05) is 4.90 Å². The predicted octanol–water partition coefficient (Wildman–Crippen LogP) is 1.07. The maximum Gasteiger partial charge on any atom is 0.223 e. The number of carbonyl (C=O) groups is 1. The number of rotatable bonds is 4. The minimum absolute atomic E-state index is 0.178. The number of likely N-dealkylation sites (tertiary alicyclic amines) is 1. The van der Waals surface area contributed by atoms with Crippen molar-refractivity contribution in [2.45, 2.75) is 25.8 Å². The van der Waals surface area contributed by atoms with E-state index in [1.165, 1.54) is 11.3 Å². The summed E-state index contributed by atoms with van der Waals surface area (Å²) in [6.07, 6.45) is 1.57. The smallest absolute Gasteiger partial charge is 0.223 e. The van der Waals surface area contributed by atoms with Crippen LogP contribution in [0, 0.1) is 6.92 Å². The van der Waals surface area contributed by atoms with Crippen molar-refractivity contribution < 1.29 is 4.79 Å². The first-order valence-electron chi connectivity index (χ1n) is 8.69. The molecule has 2 heterocycles. The van der Waals surface area contributed by atoms with Crippen LogP contribution in [0.3, 0.4) is 0 Å². The van der Waals surface area contributed by atoms with Gasteiger partial charge in [-0.15, -0.1) is 0 Å². The highest BCUT2D eigenvalue weighted by Crippen LogP contribution is 2.18. The van der Waals surface area contributed by atoms with Crippen LogP contribution < -0.4 is 10.6 Å². The van der Waals surface area contributed by atoms with Crippen molar-refractivity contribution in [3.63, 3.8) is 0 Å². The first-order chi connectivity index (χ1) is 11.1. The Morgan fingerprint density at radius 3 is 2.65 bits per heavy atom. The maximum atomic E-state index is 12.2. The molecule has 2 fully saturated rings. The third-order valence-corrected chi connectivity index (χ3v) is 4.96. The molecule has 0 aromatic heterocycles. The van der Waals surface area contributed by atoms with Gasteiger partial charge in [-0.05, 0) is 31.0 Å². The van der Waals surface area contributed by atoms with Crippen molar-refractivity contribution in [3.05, 3.63) is 29.8 Å². The lowest BCUT2D eigenvalue weighted by atomic mass is 10.2. The molecule has 0 aliphatic carbocycles. The quantitative estimate of drug-likeness (QED) is 0.903. The molecule has 126 valence electrons. The van der Waals surface area contributed by atoms with Crippen molar-refractivity contribution in [1.82, 2.24) is 9.80 Å². The highest BCUT2D eigenvalue weighted by molar-refractivity contribution is 5.76. The average molecular weight is 316 g/mol. The zero-order valence-corrected chi connectivity index (χ0v) is 14.1. The second-order valence-electron chi connectivity index (χ2n) is 6.81. The number of hydrogen-bond acceptors (Lipinski definition) is 4. The second-order valence-corrected chi connectivity index (χ2v) is 6.81. The molecule has 2 aliphatic heterocycles.